The average molecular weight is 222 g/mol. The Morgan fingerprint density at radius 3 is 2.62 bits per heavy atom. The number of hydrogen-bond acceptors (Lipinski definition) is 4. The molecule has 1 aromatic rings. The maximum absolute atomic E-state index is 4.34. The van der Waals surface area contributed by atoms with E-state index >= 15 is 0 Å². The molecule has 0 aliphatic heterocycles. The molecule has 1 rings (SSSR count). The van der Waals surface area contributed by atoms with Crippen molar-refractivity contribution in [3.8, 4) is 0 Å². The van der Waals surface area contributed by atoms with E-state index in [9.17, 15) is 0 Å². The van der Waals surface area contributed by atoms with Crippen molar-refractivity contribution in [2.75, 3.05) is 20.1 Å². The standard InChI is InChI=1S/C12H22N4/c1-10(2)13-5-6-16(4)9-12-8-14-11(3)7-15-12/h7-8,10,13H,5-6,9H2,1-4H3. The number of rotatable bonds is 6. The van der Waals surface area contributed by atoms with Gasteiger partial charge in [0.2, 0.25) is 0 Å². The molecule has 0 saturated heterocycles. The largest absolute Gasteiger partial charge is 0.313 e. The van der Waals surface area contributed by atoms with E-state index < -0.39 is 0 Å². The summed E-state index contributed by atoms with van der Waals surface area (Å²) in [5.41, 5.74) is 1.99. The molecular formula is C12H22N4. The summed E-state index contributed by atoms with van der Waals surface area (Å²) in [6, 6.07) is 0.549. The molecule has 4 nitrogen and oxygen atoms in total. The monoisotopic (exact) mass is 222 g/mol. The van der Waals surface area contributed by atoms with Gasteiger partial charge in [-0.3, -0.25) is 14.9 Å². The van der Waals surface area contributed by atoms with Crippen molar-refractivity contribution in [2.24, 2.45) is 0 Å². The highest BCUT2D eigenvalue weighted by Crippen LogP contribution is 1.98. The molecule has 4 heteroatoms. The molecule has 16 heavy (non-hydrogen) atoms. The van der Waals surface area contributed by atoms with Crippen molar-refractivity contribution in [1.29, 1.82) is 0 Å². The number of nitrogens with one attached hydrogen (secondary N) is 1. The molecule has 0 spiro atoms. The summed E-state index contributed by atoms with van der Waals surface area (Å²) in [6.07, 6.45) is 3.66. The third-order valence-corrected chi connectivity index (χ3v) is 2.31. The number of aromatic nitrogens is 2. The minimum atomic E-state index is 0.549. The predicted molar refractivity (Wildman–Crippen MR) is 66.2 cm³/mol. The van der Waals surface area contributed by atoms with Gasteiger partial charge in [-0.2, -0.15) is 0 Å². The average Bonchev–Trinajstić information content (AvgIpc) is 2.21. The van der Waals surface area contributed by atoms with Crippen molar-refractivity contribution in [1.82, 2.24) is 20.2 Å². The van der Waals surface area contributed by atoms with Crippen LogP contribution in [-0.4, -0.2) is 41.0 Å². The quantitative estimate of drug-likeness (QED) is 0.785. The van der Waals surface area contributed by atoms with Gasteiger partial charge in [-0.25, -0.2) is 0 Å². The Balaban J connectivity index is 2.28. The lowest BCUT2D eigenvalue weighted by Crippen LogP contribution is -2.32. The first-order valence-electron chi connectivity index (χ1n) is 5.77. The van der Waals surface area contributed by atoms with E-state index in [-0.39, 0.29) is 0 Å². The minimum Gasteiger partial charge on any atom is -0.313 e. The molecule has 0 atom stereocenters. The fraction of sp³-hybridized carbons (Fsp3) is 0.667. The van der Waals surface area contributed by atoms with Crippen molar-refractivity contribution < 1.29 is 0 Å². The van der Waals surface area contributed by atoms with Crippen molar-refractivity contribution >= 4 is 0 Å². The van der Waals surface area contributed by atoms with Crippen LogP contribution in [0.2, 0.25) is 0 Å². The summed E-state index contributed by atoms with van der Waals surface area (Å²) in [7, 11) is 2.10. The molecule has 0 radical (unpaired) electrons. The van der Waals surface area contributed by atoms with Crippen LogP contribution in [-0.2, 0) is 6.54 Å². The second-order valence-electron chi connectivity index (χ2n) is 4.50. The van der Waals surface area contributed by atoms with E-state index in [1.54, 1.807) is 0 Å². The van der Waals surface area contributed by atoms with Gasteiger partial charge in [-0.15, -0.1) is 0 Å². The van der Waals surface area contributed by atoms with E-state index in [1.807, 2.05) is 19.3 Å². The second kappa shape index (κ2) is 6.55. The maximum Gasteiger partial charge on any atom is 0.0726 e. The van der Waals surface area contributed by atoms with Crippen molar-refractivity contribution in [3.63, 3.8) is 0 Å². The van der Waals surface area contributed by atoms with Gasteiger partial charge in [0, 0.05) is 38.1 Å². The number of likely N-dealkylation sites (N-methyl/N-ethyl adjacent to an activating group) is 1. The normalized spacial score (nSPS) is 11.4. The summed E-state index contributed by atoms with van der Waals surface area (Å²) < 4.78 is 0. The highest BCUT2D eigenvalue weighted by molar-refractivity contribution is 5.00. The Labute approximate surface area is 98.1 Å². The van der Waals surface area contributed by atoms with Crippen LogP contribution in [0.1, 0.15) is 25.2 Å². The van der Waals surface area contributed by atoms with Crippen molar-refractivity contribution in [2.45, 2.75) is 33.4 Å². The van der Waals surface area contributed by atoms with Gasteiger partial charge >= 0.3 is 0 Å². The smallest absolute Gasteiger partial charge is 0.0726 e. The predicted octanol–water partition coefficient (Wildman–Crippen LogP) is 1.21. The molecule has 0 fully saturated rings. The molecule has 0 saturated carbocycles. The Morgan fingerprint density at radius 2 is 2.06 bits per heavy atom. The van der Waals surface area contributed by atoms with Crippen LogP contribution in [0.15, 0.2) is 12.4 Å². The van der Waals surface area contributed by atoms with Gasteiger partial charge in [0.05, 0.1) is 11.4 Å². The summed E-state index contributed by atoms with van der Waals surface area (Å²) in [5, 5.41) is 3.39. The summed E-state index contributed by atoms with van der Waals surface area (Å²) >= 11 is 0. The molecule has 1 N–H and O–H groups in total. The number of nitrogens with zero attached hydrogens (tertiary/aromatic N) is 3. The lowest BCUT2D eigenvalue weighted by molar-refractivity contribution is 0.316. The zero-order valence-electron chi connectivity index (χ0n) is 10.7. The van der Waals surface area contributed by atoms with Crippen molar-refractivity contribution in [3.05, 3.63) is 23.8 Å². The molecule has 0 bridgehead atoms. The SMILES string of the molecule is Cc1cnc(CN(C)CCNC(C)C)cn1. The van der Waals surface area contributed by atoms with Crippen LogP contribution in [0, 0.1) is 6.92 Å². The van der Waals surface area contributed by atoms with Gasteiger partial charge in [0.15, 0.2) is 0 Å². The molecule has 1 heterocycles. The Kier molecular flexibility index (Phi) is 5.35. The molecule has 0 aliphatic rings. The van der Waals surface area contributed by atoms with Gasteiger partial charge in [-0.05, 0) is 14.0 Å². The molecule has 0 amide bonds. The van der Waals surface area contributed by atoms with E-state index in [1.165, 1.54) is 0 Å². The highest BCUT2D eigenvalue weighted by atomic mass is 15.1. The molecular weight excluding hydrogens is 200 g/mol. The second-order valence-corrected chi connectivity index (χ2v) is 4.50. The highest BCUT2D eigenvalue weighted by Gasteiger charge is 2.02. The fourth-order valence-corrected chi connectivity index (χ4v) is 1.40. The number of aryl methyl sites for hydroxylation is 1. The minimum absolute atomic E-state index is 0.549. The lowest BCUT2D eigenvalue weighted by Gasteiger charge is -2.17. The van der Waals surface area contributed by atoms with Gasteiger partial charge in [0.1, 0.15) is 0 Å². The van der Waals surface area contributed by atoms with Crippen LogP contribution < -0.4 is 5.32 Å². The van der Waals surface area contributed by atoms with E-state index in [2.05, 4.69) is 41.1 Å². The molecule has 0 aliphatic carbocycles. The van der Waals surface area contributed by atoms with Crippen LogP contribution >= 0.6 is 0 Å². The first-order valence-corrected chi connectivity index (χ1v) is 5.77. The first-order chi connectivity index (χ1) is 7.58. The van der Waals surface area contributed by atoms with Gasteiger partial charge < -0.3 is 5.32 Å². The lowest BCUT2D eigenvalue weighted by atomic mass is 10.3. The van der Waals surface area contributed by atoms with Gasteiger partial charge in [0.25, 0.3) is 0 Å². The Hall–Kier alpha value is -1.00. The van der Waals surface area contributed by atoms with Crippen LogP contribution in [0.25, 0.3) is 0 Å². The maximum atomic E-state index is 4.34. The van der Waals surface area contributed by atoms with E-state index in [0.717, 1.165) is 31.0 Å². The summed E-state index contributed by atoms with van der Waals surface area (Å²) in [6.45, 7) is 9.15. The molecule has 1 aromatic heterocycles. The third kappa shape index (κ3) is 5.19. The summed E-state index contributed by atoms with van der Waals surface area (Å²) in [5.74, 6) is 0. The molecule has 0 aromatic carbocycles. The third-order valence-electron chi connectivity index (χ3n) is 2.31. The fourth-order valence-electron chi connectivity index (χ4n) is 1.40. The first kappa shape index (κ1) is 13.1. The Morgan fingerprint density at radius 1 is 1.31 bits per heavy atom. The van der Waals surface area contributed by atoms with Crippen LogP contribution in [0.5, 0.6) is 0 Å². The number of hydrogen-bond donors (Lipinski definition) is 1. The zero-order chi connectivity index (χ0) is 12.0. The molecule has 0 unspecified atom stereocenters. The van der Waals surface area contributed by atoms with Crippen LogP contribution in [0.4, 0.5) is 0 Å². The zero-order valence-corrected chi connectivity index (χ0v) is 10.7. The Bertz CT molecular complexity index is 294. The topological polar surface area (TPSA) is 41.1 Å². The van der Waals surface area contributed by atoms with E-state index in [0.29, 0.717) is 6.04 Å². The van der Waals surface area contributed by atoms with E-state index in [4.69, 9.17) is 0 Å². The molecule has 90 valence electrons. The van der Waals surface area contributed by atoms with Crippen LogP contribution in [0.3, 0.4) is 0 Å². The summed E-state index contributed by atoms with van der Waals surface area (Å²) in [4.78, 5) is 10.8. The van der Waals surface area contributed by atoms with Gasteiger partial charge in [-0.1, -0.05) is 13.8 Å².